The average Bonchev–Trinajstić information content (AvgIpc) is 2.88. The van der Waals surface area contributed by atoms with Crippen molar-refractivity contribution in [2.24, 2.45) is 5.92 Å². The molecule has 0 saturated carbocycles. The molecule has 0 aromatic heterocycles. The highest BCUT2D eigenvalue weighted by Gasteiger charge is 2.37. The van der Waals surface area contributed by atoms with Gasteiger partial charge in [-0.15, -0.1) is 0 Å². The molecule has 0 bridgehead atoms. The molecule has 0 radical (unpaired) electrons. The molecule has 1 N–H and O–H groups in total. The van der Waals surface area contributed by atoms with Gasteiger partial charge in [0.05, 0.1) is 4.90 Å². The number of nitrogens with one attached hydrogen (secondary N) is 1. The van der Waals surface area contributed by atoms with E-state index in [1.54, 1.807) is 24.3 Å². The van der Waals surface area contributed by atoms with Gasteiger partial charge >= 0.3 is 0 Å². The number of nitrogens with zero attached hydrogens (tertiary/aromatic N) is 2. The highest BCUT2D eigenvalue weighted by atomic mass is 32.2. The van der Waals surface area contributed by atoms with Gasteiger partial charge in [0.15, 0.2) is 0 Å². The number of benzene rings is 2. The SMILES string of the molecule is CC(F)(F)C1CCCN(c2ccc(S(=O)(=O)N3CCCC(NC(=O)CCc4ccccc4)C3)cc2)C1. The van der Waals surface area contributed by atoms with Crippen molar-refractivity contribution in [1.29, 1.82) is 0 Å². The van der Waals surface area contributed by atoms with E-state index in [9.17, 15) is 22.0 Å². The van der Waals surface area contributed by atoms with Crippen LogP contribution in [0.4, 0.5) is 14.5 Å². The van der Waals surface area contributed by atoms with E-state index in [0.29, 0.717) is 45.2 Å². The maximum atomic E-state index is 13.8. The lowest BCUT2D eigenvalue weighted by Crippen LogP contribution is -2.49. The van der Waals surface area contributed by atoms with Gasteiger partial charge in [0.2, 0.25) is 21.9 Å². The molecular formula is C27H35F2N3O3S. The summed E-state index contributed by atoms with van der Waals surface area (Å²) in [5.74, 6) is -3.52. The first-order chi connectivity index (χ1) is 17.1. The zero-order chi connectivity index (χ0) is 25.8. The number of alkyl halides is 2. The molecule has 0 spiro atoms. The summed E-state index contributed by atoms with van der Waals surface area (Å²) in [6, 6.07) is 16.1. The summed E-state index contributed by atoms with van der Waals surface area (Å²) in [4.78, 5) is 14.5. The van der Waals surface area contributed by atoms with E-state index in [4.69, 9.17) is 0 Å². The first-order valence-electron chi connectivity index (χ1n) is 12.7. The van der Waals surface area contributed by atoms with E-state index in [-0.39, 0.29) is 29.9 Å². The van der Waals surface area contributed by atoms with E-state index < -0.39 is 21.9 Å². The number of halogens is 2. The summed E-state index contributed by atoms with van der Waals surface area (Å²) in [5.41, 5.74) is 1.84. The third-order valence-corrected chi connectivity index (χ3v) is 9.09. The van der Waals surface area contributed by atoms with Crippen LogP contribution < -0.4 is 10.2 Å². The molecule has 0 aliphatic carbocycles. The van der Waals surface area contributed by atoms with Gasteiger partial charge in [0, 0.05) is 50.2 Å². The van der Waals surface area contributed by atoms with Crippen molar-refractivity contribution in [3.05, 3.63) is 60.2 Å². The largest absolute Gasteiger partial charge is 0.371 e. The zero-order valence-electron chi connectivity index (χ0n) is 20.7. The maximum absolute atomic E-state index is 13.8. The molecule has 2 saturated heterocycles. The number of sulfonamides is 1. The van der Waals surface area contributed by atoms with Crippen LogP contribution in [0, 0.1) is 5.92 Å². The van der Waals surface area contributed by atoms with Gasteiger partial charge in [-0.05, 0) is 68.9 Å². The molecule has 2 unspecified atom stereocenters. The van der Waals surface area contributed by atoms with E-state index in [1.807, 2.05) is 35.2 Å². The summed E-state index contributed by atoms with van der Waals surface area (Å²) < 4.78 is 55.7. The van der Waals surface area contributed by atoms with Crippen molar-refractivity contribution in [2.75, 3.05) is 31.1 Å². The molecule has 6 nitrogen and oxygen atoms in total. The molecule has 2 heterocycles. The Morgan fingerprint density at radius 1 is 1.00 bits per heavy atom. The van der Waals surface area contributed by atoms with Crippen molar-refractivity contribution in [1.82, 2.24) is 9.62 Å². The van der Waals surface area contributed by atoms with Crippen LogP contribution >= 0.6 is 0 Å². The number of rotatable bonds is 8. The van der Waals surface area contributed by atoms with Crippen molar-refractivity contribution in [3.63, 3.8) is 0 Å². The zero-order valence-corrected chi connectivity index (χ0v) is 21.5. The number of hydrogen-bond donors (Lipinski definition) is 1. The predicted molar refractivity (Wildman–Crippen MR) is 137 cm³/mol. The number of anilines is 1. The van der Waals surface area contributed by atoms with Crippen molar-refractivity contribution >= 4 is 21.6 Å². The van der Waals surface area contributed by atoms with Crippen LogP contribution in [0.2, 0.25) is 0 Å². The van der Waals surface area contributed by atoms with Gasteiger partial charge in [-0.1, -0.05) is 30.3 Å². The molecular weight excluding hydrogens is 484 g/mol. The quantitative estimate of drug-likeness (QED) is 0.559. The lowest BCUT2D eigenvalue weighted by atomic mass is 9.92. The fourth-order valence-electron chi connectivity index (χ4n) is 5.08. The number of carbonyl (C=O) groups is 1. The monoisotopic (exact) mass is 519 g/mol. The fourth-order valence-corrected chi connectivity index (χ4v) is 6.61. The third-order valence-electron chi connectivity index (χ3n) is 7.21. The van der Waals surface area contributed by atoms with Crippen LogP contribution in [0.25, 0.3) is 0 Å². The molecule has 2 aromatic rings. The van der Waals surface area contributed by atoms with Crippen LogP contribution in [0.5, 0.6) is 0 Å². The van der Waals surface area contributed by atoms with E-state index in [1.165, 1.54) is 4.31 Å². The van der Waals surface area contributed by atoms with Crippen LogP contribution in [0.15, 0.2) is 59.5 Å². The Hall–Kier alpha value is -2.52. The van der Waals surface area contributed by atoms with Gasteiger partial charge in [-0.3, -0.25) is 4.79 Å². The molecule has 2 aromatic carbocycles. The Bertz CT molecular complexity index is 1120. The predicted octanol–water partition coefficient (Wildman–Crippen LogP) is 4.46. The maximum Gasteiger partial charge on any atom is 0.249 e. The molecule has 2 aliphatic heterocycles. The first-order valence-corrected chi connectivity index (χ1v) is 14.1. The highest BCUT2D eigenvalue weighted by Crippen LogP contribution is 2.34. The third kappa shape index (κ3) is 6.62. The number of hydrogen-bond acceptors (Lipinski definition) is 4. The molecule has 2 atom stereocenters. The minimum Gasteiger partial charge on any atom is -0.371 e. The van der Waals surface area contributed by atoms with Crippen molar-refractivity contribution in [3.8, 4) is 0 Å². The molecule has 9 heteroatoms. The van der Waals surface area contributed by atoms with Crippen molar-refractivity contribution < 1.29 is 22.0 Å². The number of amides is 1. The second kappa shape index (κ2) is 11.3. The number of piperidine rings is 2. The number of aryl methyl sites for hydroxylation is 1. The van der Waals surface area contributed by atoms with Gasteiger partial charge in [0.1, 0.15) is 0 Å². The first kappa shape index (κ1) is 26.5. The van der Waals surface area contributed by atoms with E-state index in [0.717, 1.165) is 24.6 Å². The second-order valence-corrected chi connectivity index (χ2v) is 11.9. The number of carbonyl (C=O) groups excluding carboxylic acids is 1. The molecule has 2 fully saturated rings. The average molecular weight is 520 g/mol. The Balaban J connectivity index is 1.35. The lowest BCUT2D eigenvalue weighted by molar-refractivity contribution is -0.122. The summed E-state index contributed by atoms with van der Waals surface area (Å²) in [5, 5.41) is 3.00. The molecule has 196 valence electrons. The summed E-state index contributed by atoms with van der Waals surface area (Å²) in [7, 11) is -3.72. The minimum absolute atomic E-state index is 0.0788. The lowest BCUT2D eigenvalue weighted by Gasteiger charge is -2.37. The highest BCUT2D eigenvalue weighted by molar-refractivity contribution is 7.89. The summed E-state index contributed by atoms with van der Waals surface area (Å²) in [6.07, 6.45) is 3.57. The Labute approximate surface area is 212 Å². The standard InChI is InChI=1S/C27H35F2N3O3S/c1-27(28,29)22-9-5-17-31(19-22)24-12-14-25(15-13-24)36(34,35)32-18-6-10-23(20-32)30-26(33)16-11-21-7-3-2-4-8-21/h2-4,7-8,12-15,22-23H,5-6,9-11,16-20H2,1H3,(H,30,33). The van der Waals surface area contributed by atoms with Crippen molar-refractivity contribution in [2.45, 2.75) is 62.3 Å². The van der Waals surface area contributed by atoms with Gasteiger partial charge in [-0.25, -0.2) is 17.2 Å². The molecule has 36 heavy (non-hydrogen) atoms. The topological polar surface area (TPSA) is 69.7 Å². The smallest absolute Gasteiger partial charge is 0.249 e. The molecule has 2 aliphatic rings. The van der Waals surface area contributed by atoms with Crippen LogP contribution in [-0.4, -0.2) is 56.8 Å². The van der Waals surface area contributed by atoms with Gasteiger partial charge < -0.3 is 10.2 Å². The second-order valence-electron chi connectivity index (χ2n) is 9.99. The van der Waals surface area contributed by atoms with E-state index >= 15 is 0 Å². The Morgan fingerprint density at radius 3 is 2.39 bits per heavy atom. The molecule has 4 rings (SSSR count). The Kier molecular flexibility index (Phi) is 8.30. The fraction of sp³-hybridized carbons (Fsp3) is 0.519. The summed E-state index contributed by atoms with van der Waals surface area (Å²) >= 11 is 0. The van der Waals surface area contributed by atoms with Crippen LogP contribution in [0.1, 0.15) is 44.6 Å². The van der Waals surface area contributed by atoms with Crippen LogP contribution in [-0.2, 0) is 21.2 Å². The van der Waals surface area contributed by atoms with Crippen LogP contribution in [0.3, 0.4) is 0 Å². The normalized spacial score (nSPS) is 21.8. The van der Waals surface area contributed by atoms with Gasteiger partial charge in [0.25, 0.3) is 0 Å². The summed E-state index contributed by atoms with van der Waals surface area (Å²) in [6.45, 7) is 2.54. The van der Waals surface area contributed by atoms with E-state index in [2.05, 4.69) is 5.32 Å². The minimum atomic E-state index is -3.72. The molecule has 1 amide bonds. The Morgan fingerprint density at radius 2 is 1.69 bits per heavy atom. The van der Waals surface area contributed by atoms with Gasteiger partial charge in [-0.2, -0.15) is 4.31 Å².